The van der Waals surface area contributed by atoms with Crippen LogP contribution in [0.15, 0.2) is 22.0 Å². The summed E-state index contributed by atoms with van der Waals surface area (Å²) in [7, 11) is 4.94. The van der Waals surface area contributed by atoms with Crippen molar-refractivity contribution in [3.63, 3.8) is 0 Å². The number of hydrogen-bond acceptors (Lipinski definition) is 6. The number of thioether (sulfide) groups is 1. The van der Waals surface area contributed by atoms with Gasteiger partial charge in [0.2, 0.25) is 6.79 Å². The van der Waals surface area contributed by atoms with E-state index in [1.165, 1.54) is 16.7 Å². The lowest BCUT2D eigenvalue weighted by atomic mass is 10.1. The zero-order valence-corrected chi connectivity index (χ0v) is 12.7. The van der Waals surface area contributed by atoms with Crippen molar-refractivity contribution in [3.05, 3.63) is 22.6 Å². The van der Waals surface area contributed by atoms with Gasteiger partial charge in [-0.1, -0.05) is 0 Å². The molecule has 1 aromatic rings. The van der Waals surface area contributed by atoms with Crippen LogP contribution in [0.25, 0.3) is 6.08 Å². The Morgan fingerprint density at radius 2 is 2.10 bits per heavy atom. The van der Waals surface area contributed by atoms with Crippen LogP contribution in [0.4, 0.5) is 0 Å². The molecule has 0 unspecified atom stereocenters. The second-order valence-electron chi connectivity index (χ2n) is 4.43. The van der Waals surface area contributed by atoms with Gasteiger partial charge >= 0.3 is 0 Å². The highest BCUT2D eigenvalue weighted by Crippen LogP contribution is 2.40. The van der Waals surface area contributed by atoms with E-state index < -0.39 is 0 Å². The van der Waals surface area contributed by atoms with Gasteiger partial charge in [-0.2, -0.15) is 0 Å². The summed E-state index contributed by atoms with van der Waals surface area (Å²) in [4.78, 5) is 18.4. The summed E-state index contributed by atoms with van der Waals surface area (Å²) < 4.78 is 16.0. The van der Waals surface area contributed by atoms with Crippen LogP contribution >= 0.6 is 11.8 Å². The molecule has 0 N–H and O–H groups in total. The summed E-state index contributed by atoms with van der Waals surface area (Å²) in [6.07, 6.45) is 1.78. The van der Waals surface area contributed by atoms with Gasteiger partial charge in [0.05, 0.1) is 12.0 Å². The number of aliphatic imine (C=N–C) groups is 1. The van der Waals surface area contributed by atoms with Gasteiger partial charge in [0.1, 0.15) is 5.75 Å². The molecule has 2 aliphatic heterocycles. The molecule has 2 aliphatic rings. The number of amides is 1. The Kier molecular flexibility index (Phi) is 3.50. The van der Waals surface area contributed by atoms with E-state index >= 15 is 0 Å². The predicted octanol–water partition coefficient (Wildman–Crippen LogP) is 1.96. The lowest BCUT2D eigenvalue weighted by molar-refractivity contribution is -0.121. The molecule has 7 heteroatoms. The van der Waals surface area contributed by atoms with Crippen molar-refractivity contribution in [2.75, 3.05) is 28.0 Å². The van der Waals surface area contributed by atoms with Crippen LogP contribution in [-0.2, 0) is 4.79 Å². The molecule has 0 spiro atoms. The van der Waals surface area contributed by atoms with Crippen LogP contribution < -0.4 is 14.2 Å². The van der Waals surface area contributed by atoms with Crippen LogP contribution in [0.5, 0.6) is 17.2 Å². The Bertz CT molecular complexity index is 669. The minimum Gasteiger partial charge on any atom is -0.496 e. The summed E-state index contributed by atoms with van der Waals surface area (Å²) in [5.74, 6) is 1.84. The molecular weight excluding hydrogens is 292 g/mol. The van der Waals surface area contributed by atoms with Crippen LogP contribution in [0.1, 0.15) is 5.56 Å². The van der Waals surface area contributed by atoms with E-state index in [2.05, 4.69) is 4.99 Å². The molecule has 1 fully saturated rings. The quantitative estimate of drug-likeness (QED) is 0.782. The molecule has 1 aromatic carbocycles. The Hall–Kier alpha value is -2.15. The number of likely N-dealkylation sites (N-methyl/N-ethyl adjacent to an activating group) is 1. The first kappa shape index (κ1) is 13.8. The number of ether oxygens (including phenoxy) is 3. The second kappa shape index (κ2) is 5.33. The van der Waals surface area contributed by atoms with Gasteiger partial charge in [-0.15, -0.1) is 0 Å². The molecule has 21 heavy (non-hydrogen) atoms. The largest absolute Gasteiger partial charge is 0.496 e. The zero-order valence-electron chi connectivity index (χ0n) is 11.9. The van der Waals surface area contributed by atoms with Crippen molar-refractivity contribution < 1.29 is 19.0 Å². The standard InChI is InChI=1S/C14H14N2O4S/c1-15-14-16(2)13(17)12(21-14)5-8-4-10-11(20-7-19-10)6-9(8)18-3/h4-6H,7H2,1-3H3/b12-5-,15-14?. The topological polar surface area (TPSA) is 60.4 Å². The Morgan fingerprint density at radius 1 is 1.38 bits per heavy atom. The first-order chi connectivity index (χ1) is 10.1. The average Bonchev–Trinajstić information content (AvgIpc) is 3.05. The average molecular weight is 306 g/mol. The summed E-state index contributed by atoms with van der Waals surface area (Å²) in [6, 6.07) is 3.57. The van der Waals surface area contributed by atoms with Gasteiger partial charge in [0.15, 0.2) is 16.7 Å². The molecule has 0 aliphatic carbocycles. The summed E-state index contributed by atoms with van der Waals surface area (Å²) in [5, 5.41) is 0.672. The number of nitrogens with zero attached hydrogens (tertiary/aromatic N) is 2. The van der Waals surface area contributed by atoms with Crippen LogP contribution in [0.3, 0.4) is 0 Å². The Labute approximate surface area is 126 Å². The van der Waals surface area contributed by atoms with E-state index in [0.717, 1.165) is 5.56 Å². The lowest BCUT2D eigenvalue weighted by Crippen LogP contribution is -2.23. The first-order valence-corrected chi connectivity index (χ1v) is 7.07. The fourth-order valence-corrected chi connectivity index (χ4v) is 3.04. The van der Waals surface area contributed by atoms with Crippen molar-refractivity contribution in [2.45, 2.75) is 0 Å². The SMILES string of the molecule is CN=C1S/C(=C\c2cc3c(cc2OC)OCO3)C(=O)N1C. The molecule has 0 bridgehead atoms. The minimum atomic E-state index is -0.0830. The van der Waals surface area contributed by atoms with Gasteiger partial charge in [0, 0.05) is 25.7 Å². The minimum absolute atomic E-state index is 0.0830. The molecule has 0 aromatic heterocycles. The van der Waals surface area contributed by atoms with Crippen molar-refractivity contribution in [3.8, 4) is 17.2 Å². The number of amidine groups is 1. The monoisotopic (exact) mass is 306 g/mol. The second-order valence-corrected chi connectivity index (χ2v) is 5.44. The predicted molar refractivity (Wildman–Crippen MR) is 80.8 cm³/mol. The maximum Gasteiger partial charge on any atom is 0.266 e. The van der Waals surface area contributed by atoms with Gasteiger partial charge in [-0.05, 0) is 23.9 Å². The molecule has 3 rings (SSSR count). The van der Waals surface area contributed by atoms with Gasteiger partial charge in [-0.25, -0.2) is 0 Å². The van der Waals surface area contributed by atoms with Crippen LogP contribution in [-0.4, -0.2) is 44.0 Å². The molecule has 2 heterocycles. The molecular formula is C14H14N2O4S. The maximum atomic E-state index is 12.2. The number of methoxy groups -OCH3 is 1. The highest BCUT2D eigenvalue weighted by molar-refractivity contribution is 8.18. The molecule has 6 nitrogen and oxygen atoms in total. The van der Waals surface area contributed by atoms with E-state index in [9.17, 15) is 4.79 Å². The molecule has 1 amide bonds. The number of fused-ring (bicyclic) bond motifs is 1. The maximum absolute atomic E-state index is 12.2. The van der Waals surface area contributed by atoms with Crippen molar-refractivity contribution in [2.24, 2.45) is 4.99 Å². The van der Waals surface area contributed by atoms with E-state index in [0.29, 0.717) is 27.3 Å². The third kappa shape index (κ3) is 2.33. The third-order valence-corrected chi connectivity index (χ3v) is 4.36. The molecule has 110 valence electrons. The number of rotatable bonds is 2. The Balaban J connectivity index is 2.02. The highest BCUT2D eigenvalue weighted by atomic mass is 32.2. The molecule has 0 radical (unpaired) electrons. The van der Waals surface area contributed by atoms with E-state index in [-0.39, 0.29) is 12.7 Å². The molecule has 1 saturated heterocycles. The third-order valence-electron chi connectivity index (χ3n) is 3.21. The van der Waals surface area contributed by atoms with E-state index in [1.807, 2.05) is 6.07 Å². The van der Waals surface area contributed by atoms with E-state index in [1.54, 1.807) is 33.3 Å². The van der Waals surface area contributed by atoms with Gasteiger partial charge in [0.25, 0.3) is 5.91 Å². The summed E-state index contributed by atoms with van der Waals surface area (Å²) in [6.45, 7) is 0.196. The fraction of sp³-hybridized carbons (Fsp3) is 0.286. The molecule has 0 atom stereocenters. The van der Waals surface area contributed by atoms with Crippen molar-refractivity contribution in [1.29, 1.82) is 0 Å². The number of hydrogen-bond donors (Lipinski definition) is 0. The normalized spacial score (nSPS) is 20.7. The zero-order chi connectivity index (χ0) is 15.0. The van der Waals surface area contributed by atoms with Crippen LogP contribution in [0, 0.1) is 0 Å². The lowest BCUT2D eigenvalue weighted by Gasteiger charge is -2.07. The summed E-state index contributed by atoms with van der Waals surface area (Å²) in [5.41, 5.74) is 0.767. The first-order valence-electron chi connectivity index (χ1n) is 6.26. The smallest absolute Gasteiger partial charge is 0.266 e. The van der Waals surface area contributed by atoms with Crippen molar-refractivity contribution >= 4 is 28.9 Å². The van der Waals surface area contributed by atoms with Crippen molar-refractivity contribution in [1.82, 2.24) is 4.90 Å². The number of benzene rings is 1. The van der Waals surface area contributed by atoms with E-state index in [4.69, 9.17) is 14.2 Å². The number of carbonyl (C=O) groups is 1. The van der Waals surface area contributed by atoms with Crippen LogP contribution in [0.2, 0.25) is 0 Å². The summed E-state index contributed by atoms with van der Waals surface area (Å²) >= 11 is 1.33. The highest BCUT2D eigenvalue weighted by Gasteiger charge is 2.30. The Morgan fingerprint density at radius 3 is 2.71 bits per heavy atom. The number of carbonyl (C=O) groups excluding carboxylic acids is 1. The molecule has 0 saturated carbocycles. The van der Waals surface area contributed by atoms with Gasteiger partial charge in [-0.3, -0.25) is 14.7 Å². The van der Waals surface area contributed by atoms with Gasteiger partial charge < -0.3 is 14.2 Å². The fourth-order valence-electron chi connectivity index (χ4n) is 2.12.